The van der Waals surface area contributed by atoms with E-state index >= 15 is 0 Å². The first-order valence-electron chi connectivity index (χ1n) is 8.66. The third-order valence-electron chi connectivity index (χ3n) is 5.04. The van der Waals surface area contributed by atoms with Crippen LogP contribution in [0.2, 0.25) is 0 Å². The van der Waals surface area contributed by atoms with Gasteiger partial charge in [-0.2, -0.15) is 20.5 Å². The first-order chi connectivity index (χ1) is 12.0. The molecule has 4 nitrogen and oxygen atoms in total. The van der Waals surface area contributed by atoms with Crippen LogP contribution in [0.5, 0.6) is 5.75 Å². The Balaban J connectivity index is 1.68. The highest BCUT2D eigenvalue weighted by molar-refractivity contribution is 7.99. The minimum absolute atomic E-state index is 0.0205. The van der Waals surface area contributed by atoms with Crippen molar-refractivity contribution in [3.63, 3.8) is 0 Å². The summed E-state index contributed by atoms with van der Waals surface area (Å²) in [4.78, 5) is 16.1. The van der Waals surface area contributed by atoms with Crippen molar-refractivity contribution in [3.8, 4) is 5.75 Å². The Morgan fingerprint density at radius 2 is 2.04 bits per heavy atom. The lowest BCUT2D eigenvalue weighted by molar-refractivity contribution is -0.0498. The highest BCUT2D eigenvalue weighted by Crippen LogP contribution is 2.37. The Kier molecular flexibility index (Phi) is 6.22. The Bertz CT molecular complexity index is 597. The molecule has 2 fully saturated rings. The second-order valence-electron chi connectivity index (χ2n) is 6.64. The minimum atomic E-state index is -2.92. The Morgan fingerprint density at radius 3 is 2.68 bits per heavy atom. The van der Waals surface area contributed by atoms with Crippen LogP contribution in [0.1, 0.15) is 40.2 Å². The molecule has 1 amide bonds. The van der Waals surface area contributed by atoms with Crippen LogP contribution in [0.4, 0.5) is 8.78 Å². The quantitative estimate of drug-likeness (QED) is 0.803. The van der Waals surface area contributed by atoms with Crippen LogP contribution in [-0.2, 0) is 0 Å². The van der Waals surface area contributed by atoms with Crippen molar-refractivity contribution in [1.82, 2.24) is 10.2 Å². The number of amides is 1. The Hall–Kier alpha value is -0.860. The number of halogens is 2. The molecule has 0 radical (unpaired) electrons. The summed E-state index contributed by atoms with van der Waals surface area (Å²) in [6.07, 6.45) is 4.53. The summed E-state index contributed by atoms with van der Waals surface area (Å²) in [5, 5.41) is 3.00. The van der Waals surface area contributed by atoms with E-state index in [0.29, 0.717) is 6.54 Å². The number of thioether (sulfide) groups is 1. The first-order valence-corrected chi connectivity index (χ1v) is 10.6. The summed E-state index contributed by atoms with van der Waals surface area (Å²) >= 11 is 3.17. The number of nitrogens with one attached hydrogen (secondary N) is 1. The molecule has 2 heterocycles. The molecule has 1 saturated heterocycles. The van der Waals surface area contributed by atoms with Gasteiger partial charge < -0.3 is 10.1 Å². The van der Waals surface area contributed by atoms with Gasteiger partial charge in [-0.1, -0.05) is 12.8 Å². The van der Waals surface area contributed by atoms with Gasteiger partial charge in [0.1, 0.15) is 10.6 Å². The van der Waals surface area contributed by atoms with Crippen molar-refractivity contribution in [2.24, 2.45) is 0 Å². The van der Waals surface area contributed by atoms with Gasteiger partial charge in [0.2, 0.25) is 0 Å². The largest absolute Gasteiger partial charge is 0.433 e. The Morgan fingerprint density at radius 1 is 1.36 bits per heavy atom. The average molecular weight is 391 g/mol. The molecule has 3 rings (SSSR count). The molecule has 1 N–H and O–H groups in total. The zero-order chi connectivity index (χ0) is 17.9. The fourth-order valence-electron chi connectivity index (χ4n) is 3.83. The third kappa shape index (κ3) is 4.46. The van der Waals surface area contributed by atoms with Gasteiger partial charge in [-0.3, -0.25) is 9.69 Å². The molecular formula is C17H24F2N2O2S2. The molecule has 0 atom stereocenters. The molecular weight excluding hydrogens is 366 g/mol. The summed E-state index contributed by atoms with van der Waals surface area (Å²) in [5.74, 6) is 1.93. The lowest BCUT2D eigenvalue weighted by Crippen LogP contribution is -2.56. The molecule has 0 unspecified atom stereocenters. The normalized spacial score (nSPS) is 20.8. The molecule has 2 aliphatic rings. The van der Waals surface area contributed by atoms with Gasteiger partial charge in [0.25, 0.3) is 5.91 Å². The van der Waals surface area contributed by atoms with E-state index in [1.165, 1.54) is 30.2 Å². The highest BCUT2D eigenvalue weighted by atomic mass is 32.2. The van der Waals surface area contributed by atoms with E-state index in [1.54, 1.807) is 6.92 Å². The van der Waals surface area contributed by atoms with E-state index in [0.717, 1.165) is 42.3 Å². The van der Waals surface area contributed by atoms with Crippen molar-refractivity contribution in [2.75, 3.05) is 31.1 Å². The predicted molar refractivity (Wildman–Crippen MR) is 98.1 cm³/mol. The number of nitrogens with zero attached hydrogens (tertiary/aromatic N) is 1. The van der Waals surface area contributed by atoms with Gasteiger partial charge in [-0.15, -0.1) is 11.3 Å². The van der Waals surface area contributed by atoms with Gasteiger partial charge in [0, 0.05) is 41.6 Å². The molecule has 0 aromatic carbocycles. The molecule has 140 valence electrons. The van der Waals surface area contributed by atoms with Crippen LogP contribution in [-0.4, -0.2) is 54.1 Å². The first kappa shape index (κ1) is 18.9. The SMILES string of the molecule is Cc1cc(OC(F)F)c(C(=O)NCC2(N3CCSCC3)CCCC2)s1. The van der Waals surface area contributed by atoms with Gasteiger partial charge in [-0.05, 0) is 25.8 Å². The number of carbonyl (C=O) groups excluding carboxylic acids is 1. The minimum Gasteiger partial charge on any atom is -0.433 e. The number of hydrogen-bond acceptors (Lipinski definition) is 5. The predicted octanol–water partition coefficient (Wildman–Crippen LogP) is 3.75. The number of alkyl halides is 2. The number of rotatable bonds is 6. The van der Waals surface area contributed by atoms with E-state index in [-0.39, 0.29) is 22.1 Å². The highest BCUT2D eigenvalue weighted by Gasteiger charge is 2.40. The van der Waals surface area contributed by atoms with Crippen molar-refractivity contribution in [2.45, 2.75) is 44.8 Å². The molecule has 1 aromatic rings. The fraction of sp³-hybridized carbons (Fsp3) is 0.706. The molecule has 1 aliphatic heterocycles. The van der Waals surface area contributed by atoms with Crippen LogP contribution < -0.4 is 10.1 Å². The maximum Gasteiger partial charge on any atom is 0.387 e. The number of aryl methyl sites for hydroxylation is 1. The van der Waals surface area contributed by atoms with Gasteiger partial charge >= 0.3 is 6.61 Å². The van der Waals surface area contributed by atoms with E-state index in [2.05, 4.69) is 15.0 Å². The van der Waals surface area contributed by atoms with Crippen LogP contribution >= 0.6 is 23.1 Å². The molecule has 0 spiro atoms. The van der Waals surface area contributed by atoms with Crippen LogP contribution in [0.15, 0.2) is 6.07 Å². The van der Waals surface area contributed by atoms with Crippen LogP contribution in [0.25, 0.3) is 0 Å². The zero-order valence-corrected chi connectivity index (χ0v) is 16.0. The van der Waals surface area contributed by atoms with E-state index in [4.69, 9.17) is 0 Å². The fourth-order valence-corrected chi connectivity index (χ4v) is 5.60. The van der Waals surface area contributed by atoms with Crippen LogP contribution in [0, 0.1) is 6.92 Å². The van der Waals surface area contributed by atoms with E-state index in [1.807, 2.05) is 11.8 Å². The summed E-state index contributed by atoms with van der Waals surface area (Å²) in [6, 6.07) is 1.50. The second-order valence-corrected chi connectivity index (χ2v) is 9.12. The lowest BCUT2D eigenvalue weighted by Gasteiger charge is -2.43. The lowest BCUT2D eigenvalue weighted by atomic mass is 9.94. The van der Waals surface area contributed by atoms with Crippen molar-refractivity contribution in [3.05, 3.63) is 15.8 Å². The topological polar surface area (TPSA) is 41.6 Å². The average Bonchev–Trinajstić information content (AvgIpc) is 3.21. The zero-order valence-electron chi connectivity index (χ0n) is 14.4. The molecule has 1 saturated carbocycles. The number of hydrogen-bond donors (Lipinski definition) is 1. The number of ether oxygens (including phenoxy) is 1. The van der Waals surface area contributed by atoms with Gasteiger partial charge in [0.15, 0.2) is 0 Å². The van der Waals surface area contributed by atoms with E-state index in [9.17, 15) is 13.6 Å². The second kappa shape index (κ2) is 8.22. The van der Waals surface area contributed by atoms with E-state index < -0.39 is 6.61 Å². The van der Waals surface area contributed by atoms with Crippen molar-refractivity contribution >= 4 is 29.0 Å². The molecule has 1 aliphatic carbocycles. The summed E-state index contributed by atoms with van der Waals surface area (Å²) in [5.41, 5.74) is 0.0205. The van der Waals surface area contributed by atoms with Crippen molar-refractivity contribution in [1.29, 1.82) is 0 Å². The van der Waals surface area contributed by atoms with Crippen LogP contribution in [0.3, 0.4) is 0 Å². The van der Waals surface area contributed by atoms with Gasteiger partial charge in [0.05, 0.1) is 0 Å². The molecule has 25 heavy (non-hydrogen) atoms. The van der Waals surface area contributed by atoms with Gasteiger partial charge in [-0.25, -0.2) is 0 Å². The molecule has 8 heteroatoms. The number of carbonyl (C=O) groups is 1. The maximum atomic E-state index is 12.6. The third-order valence-corrected chi connectivity index (χ3v) is 7.01. The molecule has 0 bridgehead atoms. The summed E-state index contributed by atoms with van der Waals surface area (Å²) in [7, 11) is 0. The smallest absolute Gasteiger partial charge is 0.387 e. The maximum absolute atomic E-state index is 12.6. The molecule has 1 aromatic heterocycles. The summed E-state index contributed by atoms with van der Waals surface area (Å²) < 4.78 is 29.6. The van der Waals surface area contributed by atoms with Crippen molar-refractivity contribution < 1.29 is 18.3 Å². The number of thiophene rings is 1. The monoisotopic (exact) mass is 390 g/mol. The summed E-state index contributed by atoms with van der Waals surface area (Å²) in [6.45, 7) is 1.54. The Labute approximate surface area is 155 Å². The standard InChI is InChI=1S/C17H24F2N2O2S2/c1-12-10-13(23-16(18)19)14(25-12)15(22)20-11-17(4-2-3-5-17)21-6-8-24-9-7-21/h10,16H,2-9,11H2,1H3,(H,20,22).